The van der Waals surface area contributed by atoms with Gasteiger partial charge in [-0.25, -0.2) is 9.59 Å². The van der Waals surface area contributed by atoms with E-state index in [1.807, 2.05) is 42.5 Å². The Kier molecular flexibility index (Phi) is 7.73. The smallest absolute Gasteiger partial charge is 0.328 e. The van der Waals surface area contributed by atoms with Crippen LogP contribution in [0.25, 0.3) is 0 Å². The van der Waals surface area contributed by atoms with E-state index < -0.39 is 11.9 Å². The molecule has 2 aromatic rings. The minimum atomic E-state index is -1.26. The lowest BCUT2D eigenvalue weighted by molar-refractivity contribution is -0.134. The Bertz CT molecular complexity index is 664. The average Bonchev–Trinajstić information content (AvgIpc) is 2.56. The number of benzene rings is 2. The summed E-state index contributed by atoms with van der Waals surface area (Å²) in [6.07, 6.45) is 1.90. The predicted molar refractivity (Wildman–Crippen MR) is 89.6 cm³/mol. The first-order valence-corrected chi connectivity index (χ1v) is 7.11. The SMILES string of the molecule is NC(Cc1ccc(O)cc1)c1ccccc1.O=C(O)/C=C\C(=O)O. The van der Waals surface area contributed by atoms with Gasteiger partial charge in [0.05, 0.1) is 0 Å². The molecule has 0 fully saturated rings. The number of carboxylic acid groups (broad SMARTS) is 2. The van der Waals surface area contributed by atoms with Crippen LogP contribution in [-0.4, -0.2) is 27.3 Å². The summed E-state index contributed by atoms with van der Waals surface area (Å²) in [6, 6.07) is 17.2. The van der Waals surface area contributed by atoms with Crippen molar-refractivity contribution in [1.82, 2.24) is 0 Å². The van der Waals surface area contributed by atoms with E-state index in [4.69, 9.17) is 15.9 Å². The molecule has 2 rings (SSSR count). The number of hydrogen-bond donors (Lipinski definition) is 4. The highest BCUT2D eigenvalue weighted by atomic mass is 16.4. The van der Waals surface area contributed by atoms with Crippen molar-refractivity contribution in [1.29, 1.82) is 0 Å². The second-order valence-corrected chi connectivity index (χ2v) is 4.90. The maximum absolute atomic E-state index is 9.55. The number of phenolic OH excluding ortho intramolecular Hbond substituents is 1. The molecule has 0 radical (unpaired) electrons. The van der Waals surface area contributed by atoms with Crippen LogP contribution in [0.5, 0.6) is 5.75 Å². The molecule has 0 amide bonds. The van der Waals surface area contributed by atoms with Crippen molar-refractivity contribution in [2.24, 2.45) is 5.73 Å². The molecule has 0 aliphatic rings. The molecule has 1 unspecified atom stereocenters. The molecule has 0 spiro atoms. The summed E-state index contributed by atoms with van der Waals surface area (Å²) in [5.74, 6) is -2.23. The van der Waals surface area contributed by atoms with Crippen molar-refractivity contribution in [2.75, 3.05) is 0 Å². The summed E-state index contributed by atoms with van der Waals surface area (Å²) in [7, 11) is 0. The van der Waals surface area contributed by atoms with Crippen LogP contribution in [0, 0.1) is 0 Å². The van der Waals surface area contributed by atoms with Gasteiger partial charge in [-0.05, 0) is 29.7 Å². The van der Waals surface area contributed by atoms with Crippen LogP contribution in [0.2, 0.25) is 0 Å². The van der Waals surface area contributed by atoms with Crippen molar-refractivity contribution >= 4 is 11.9 Å². The number of aliphatic carboxylic acids is 2. The fraction of sp³-hybridized carbons (Fsp3) is 0.111. The molecular weight excluding hydrogens is 310 g/mol. The number of aromatic hydroxyl groups is 1. The normalized spacial score (nSPS) is 11.4. The Morgan fingerprint density at radius 1 is 0.917 bits per heavy atom. The molecule has 0 heterocycles. The Hall–Kier alpha value is -3.12. The third-order valence-electron chi connectivity index (χ3n) is 2.99. The van der Waals surface area contributed by atoms with E-state index in [1.54, 1.807) is 12.1 Å². The monoisotopic (exact) mass is 329 g/mol. The first-order valence-electron chi connectivity index (χ1n) is 7.11. The molecule has 5 N–H and O–H groups in total. The molecule has 6 nitrogen and oxygen atoms in total. The van der Waals surface area contributed by atoms with E-state index in [-0.39, 0.29) is 11.8 Å². The van der Waals surface area contributed by atoms with Gasteiger partial charge in [-0.3, -0.25) is 0 Å². The van der Waals surface area contributed by atoms with Gasteiger partial charge in [0.1, 0.15) is 5.75 Å². The molecule has 24 heavy (non-hydrogen) atoms. The fourth-order valence-corrected chi connectivity index (χ4v) is 1.85. The lowest BCUT2D eigenvalue weighted by Crippen LogP contribution is -2.12. The molecule has 126 valence electrons. The number of hydrogen-bond acceptors (Lipinski definition) is 4. The first kappa shape index (κ1) is 18.9. The first-order chi connectivity index (χ1) is 11.4. The van der Waals surface area contributed by atoms with Gasteiger partial charge in [-0.2, -0.15) is 0 Å². The van der Waals surface area contributed by atoms with Crippen LogP contribution < -0.4 is 5.73 Å². The van der Waals surface area contributed by atoms with Crippen molar-refractivity contribution in [3.8, 4) is 5.75 Å². The zero-order valence-electron chi connectivity index (χ0n) is 12.9. The quantitative estimate of drug-likeness (QED) is 0.625. The summed E-state index contributed by atoms with van der Waals surface area (Å²) < 4.78 is 0. The van der Waals surface area contributed by atoms with E-state index in [0.29, 0.717) is 12.2 Å². The molecule has 0 aromatic heterocycles. The van der Waals surface area contributed by atoms with Crippen molar-refractivity contribution in [2.45, 2.75) is 12.5 Å². The van der Waals surface area contributed by atoms with E-state index in [2.05, 4.69) is 0 Å². The van der Waals surface area contributed by atoms with Gasteiger partial charge in [-0.1, -0.05) is 42.5 Å². The van der Waals surface area contributed by atoms with Crippen molar-refractivity contribution < 1.29 is 24.9 Å². The maximum atomic E-state index is 9.55. The largest absolute Gasteiger partial charge is 0.508 e. The van der Waals surface area contributed by atoms with Crippen molar-refractivity contribution in [3.05, 3.63) is 77.9 Å². The van der Waals surface area contributed by atoms with Crippen LogP contribution in [0.3, 0.4) is 0 Å². The second-order valence-electron chi connectivity index (χ2n) is 4.90. The summed E-state index contributed by atoms with van der Waals surface area (Å²) in [6.45, 7) is 0. The van der Waals surface area contributed by atoms with Gasteiger partial charge < -0.3 is 21.1 Å². The Balaban J connectivity index is 0.000000307. The highest BCUT2D eigenvalue weighted by Crippen LogP contribution is 2.17. The number of phenols is 1. The van der Waals surface area contributed by atoms with Gasteiger partial charge in [0.25, 0.3) is 0 Å². The van der Waals surface area contributed by atoms with E-state index in [9.17, 15) is 14.7 Å². The standard InChI is InChI=1S/C14H15NO.C4H4O4/c15-14(12-4-2-1-3-5-12)10-11-6-8-13(16)9-7-11;5-3(6)1-2-4(7)8/h1-9,14,16H,10,15H2;1-2H,(H,5,6)(H,7,8)/b;2-1-. The predicted octanol–water partition coefficient (Wildman–Crippen LogP) is 2.35. The molecule has 2 aromatic carbocycles. The topological polar surface area (TPSA) is 121 Å². The van der Waals surface area contributed by atoms with Gasteiger partial charge in [0.2, 0.25) is 0 Å². The molecular formula is C18H19NO5. The van der Waals surface area contributed by atoms with Crippen molar-refractivity contribution in [3.63, 3.8) is 0 Å². The second kappa shape index (κ2) is 9.81. The Morgan fingerprint density at radius 2 is 1.42 bits per heavy atom. The summed E-state index contributed by atoms with van der Waals surface area (Å²) in [5, 5.41) is 24.8. The van der Waals surface area contributed by atoms with Gasteiger partial charge >= 0.3 is 11.9 Å². The third-order valence-corrected chi connectivity index (χ3v) is 2.99. The zero-order chi connectivity index (χ0) is 17.9. The van der Waals surface area contributed by atoms with Gasteiger partial charge in [0.15, 0.2) is 0 Å². The van der Waals surface area contributed by atoms with E-state index in [0.717, 1.165) is 17.5 Å². The Morgan fingerprint density at radius 3 is 1.88 bits per heavy atom. The molecule has 0 saturated heterocycles. The van der Waals surface area contributed by atoms with Crippen LogP contribution in [0.4, 0.5) is 0 Å². The number of rotatable bonds is 5. The molecule has 0 aliphatic heterocycles. The van der Waals surface area contributed by atoms with Crippen LogP contribution in [-0.2, 0) is 16.0 Å². The molecule has 1 atom stereocenters. The molecule has 0 saturated carbocycles. The number of nitrogens with two attached hydrogens (primary N) is 1. The van der Waals surface area contributed by atoms with Gasteiger partial charge in [0, 0.05) is 18.2 Å². The molecule has 0 aliphatic carbocycles. The van der Waals surface area contributed by atoms with E-state index in [1.165, 1.54) is 0 Å². The lowest BCUT2D eigenvalue weighted by Gasteiger charge is -2.11. The minimum absolute atomic E-state index is 0.00532. The zero-order valence-corrected chi connectivity index (χ0v) is 12.9. The van der Waals surface area contributed by atoms with Crippen LogP contribution in [0.15, 0.2) is 66.7 Å². The summed E-state index contributed by atoms with van der Waals surface area (Å²) >= 11 is 0. The fourth-order valence-electron chi connectivity index (χ4n) is 1.85. The summed E-state index contributed by atoms with van der Waals surface area (Å²) in [4.78, 5) is 19.1. The number of carboxylic acids is 2. The Labute approximate surface area is 139 Å². The highest BCUT2D eigenvalue weighted by Gasteiger charge is 2.06. The van der Waals surface area contributed by atoms with Crippen LogP contribution >= 0.6 is 0 Å². The average molecular weight is 329 g/mol. The van der Waals surface area contributed by atoms with E-state index >= 15 is 0 Å². The minimum Gasteiger partial charge on any atom is -0.508 e. The molecule has 6 heteroatoms. The number of carbonyl (C=O) groups is 2. The van der Waals surface area contributed by atoms with Gasteiger partial charge in [-0.15, -0.1) is 0 Å². The summed E-state index contributed by atoms with van der Waals surface area (Å²) in [5.41, 5.74) is 8.37. The maximum Gasteiger partial charge on any atom is 0.328 e. The lowest BCUT2D eigenvalue weighted by atomic mass is 10.00. The molecule has 0 bridgehead atoms. The van der Waals surface area contributed by atoms with Crippen LogP contribution in [0.1, 0.15) is 17.2 Å². The highest BCUT2D eigenvalue weighted by molar-refractivity contribution is 5.89. The third kappa shape index (κ3) is 7.77.